The van der Waals surface area contributed by atoms with Gasteiger partial charge in [-0.05, 0) is 12.1 Å². The van der Waals surface area contributed by atoms with Crippen molar-refractivity contribution < 1.29 is 4.42 Å². The molecule has 6 heteroatoms. The van der Waals surface area contributed by atoms with Gasteiger partial charge in [0.05, 0.1) is 11.2 Å². The third-order valence-corrected chi connectivity index (χ3v) is 3.71. The highest BCUT2D eigenvalue weighted by molar-refractivity contribution is 6.30. The molecule has 5 nitrogen and oxygen atoms in total. The fourth-order valence-corrected chi connectivity index (χ4v) is 2.20. The Morgan fingerprint density at radius 1 is 1.00 bits per heavy atom. The number of benzene rings is 2. The molecule has 3 rings (SSSR count). The fraction of sp³-hybridized carbons (Fsp3) is 0.0556. The molecule has 0 aliphatic rings. The summed E-state index contributed by atoms with van der Waals surface area (Å²) >= 11 is 5.98. The molecule has 0 saturated heterocycles. The van der Waals surface area contributed by atoms with E-state index in [1.165, 1.54) is 6.20 Å². The number of anilines is 1. The minimum absolute atomic E-state index is 0.290. The summed E-state index contributed by atoms with van der Waals surface area (Å²) in [6.07, 6.45) is 0.769. The molecule has 0 amide bonds. The largest absolute Gasteiger partial charge is 0.434 e. The highest BCUT2D eigenvalue weighted by atomic mass is 35.5. The third-order valence-electron chi connectivity index (χ3n) is 3.35. The van der Waals surface area contributed by atoms with Crippen LogP contribution < -0.4 is 16.8 Å². The molecule has 122 valence electrons. The van der Waals surface area contributed by atoms with Crippen LogP contribution in [-0.4, -0.2) is 11.1 Å². The Labute approximate surface area is 144 Å². The number of hydrogen-bond donors (Lipinski definition) is 3. The van der Waals surface area contributed by atoms with Gasteiger partial charge in [0.25, 0.3) is 0 Å². The number of nitrogens with one attached hydrogen (secondary N) is 1. The number of halogens is 1. The smallest absolute Gasteiger partial charge is 0.228 e. The lowest BCUT2D eigenvalue weighted by Crippen LogP contribution is -2.30. The summed E-state index contributed by atoms with van der Waals surface area (Å²) in [5.41, 5.74) is 12.9. The Morgan fingerprint density at radius 2 is 1.58 bits per heavy atom. The maximum absolute atomic E-state index is 5.98. The summed E-state index contributed by atoms with van der Waals surface area (Å²) < 4.78 is 5.97. The Hall–Kier alpha value is -2.60. The van der Waals surface area contributed by atoms with Gasteiger partial charge in [0.15, 0.2) is 11.6 Å². The van der Waals surface area contributed by atoms with E-state index in [0.717, 1.165) is 11.1 Å². The predicted molar refractivity (Wildman–Crippen MR) is 97.1 cm³/mol. The maximum Gasteiger partial charge on any atom is 0.228 e. The first-order chi connectivity index (χ1) is 11.6. The summed E-state index contributed by atoms with van der Waals surface area (Å²) in [7, 11) is 0. The molecule has 0 fully saturated rings. The van der Waals surface area contributed by atoms with Gasteiger partial charge < -0.3 is 21.2 Å². The summed E-state index contributed by atoms with van der Waals surface area (Å²) in [5, 5.41) is 3.31. The number of hydrogen-bond acceptors (Lipinski definition) is 5. The van der Waals surface area contributed by atoms with E-state index in [2.05, 4.69) is 10.3 Å². The molecule has 1 aromatic heterocycles. The first-order valence-electron chi connectivity index (χ1n) is 7.40. The van der Waals surface area contributed by atoms with Gasteiger partial charge in [0.1, 0.15) is 0 Å². The van der Waals surface area contributed by atoms with Crippen LogP contribution >= 0.6 is 11.6 Å². The van der Waals surface area contributed by atoms with Crippen molar-refractivity contribution in [2.75, 3.05) is 5.32 Å². The van der Waals surface area contributed by atoms with Crippen LogP contribution in [0.3, 0.4) is 0 Å². The molecule has 0 saturated carbocycles. The van der Waals surface area contributed by atoms with Crippen LogP contribution in [0.25, 0.3) is 22.8 Å². The molecule has 24 heavy (non-hydrogen) atoms. The van der Waals surface area contributed by atoms with Crippen molar-refractivity contribution in [3.05, 3.63) is 71.9 Å². The summed E-state index contributed by atoms with van der Waals surface area (Å²) in [6, 6.07) is 19.4. The molecule has 0 spiro atoms. The fourth-order valence-electron chi connectivity index (χ4n) is 2.14. The van der Waals surface area contributed by atoms with Gasteiger partial charge in [0, 0.05) is 17.3 Å². The Balaban J connectivity index is 2.02. The topological polar surface area (TPSA) is 90.1 Å². The second-order valence-electron chi connectivity index (χ2n) is 5.13. The van der Waals surface area contributed by atoms with Crippen molar-refractivity contribution in [1.82, 2.24) is 4.98 Å². The number of aromatic nitrogens is 1. The van der Waals surface area contributed by atoms with Crippen molar-refractivity contribution in [1.29, 1.82) is 0 Å². The molecular formula is C18H17ClN4O. The van der Waals surface area contributed by atoms with E-state index in [0.29, 0.717) is 22.5 Å². The van der Waals surface area contributed by atoms with Gasteiger partial charge >= 0.3 is 0 Å². The average Bonchev–Trinajstić information content (AvgIpc) is 3.05. The van der Waals surface area contributed by atoms with E-state index >= 15 is 0 Å². The van der Waals surface area contributed by atoms with Gasteiger partial charge in [-0.1, -0.05) is 60.1 Å². The lowest BCUT2D eigenvalue weighted by molar-refractivity contribution is 0.589. The Morgan fingerprint density at radius 3 is 2.17 bits per heavy atom. The van der Waals surface area contributed by atoms with Crippen molar-refractivity contribution in [3.63, 3.8) is 0 Å². The standard InChI is InChI=1S/C18H17ClN4O/c19-14(16(20)21)11-22-17-15(12-7-3-1-4-8-12)24-18(23-17)13-9-5-2-6-10-13/h1-11,16,22H,20-21H2/b14-11+. The minimum atomic E-state index is -0.750. The molecule has 0 bridgehead atoms. The molecule has 3 aromatic rings. The second kappa shape index (κ2) is 7.31. The van der Waals surface area contributed by atoms with E-state index in [4.69, 9.17) is 27.5 Å². The quantitative estimate of drug-likeness (QED) is 0.615. The summed E-state index contributed by atoms with van der Waals surface area (Å²) in [6.45, 7) is 0. The first-order valence-corrected chi connectivity index (χ1v) is 7.78. The van der Waals surface area contributed by atoms with Gasteiger partial charge in [-0.25, -0.2) is 0 Å². The summed E-state index contributed by atoms with van der Waals surface area (Å²) in [4.78, 5) is 4.53. The van der Waals surface area contributed by atoms with Crippen molar-refractivity contribution >= 4 is 17.4 Å². The molecule has 1 heterocycles. The van der Waals surface area contributed by atoms with Crippen molar-refractivity contribution in [2.45, 2.75) is 6.17 Å². The average molecular weight is 341 g/mol. The van der Waals surface area contributed by atoms with Crippen molar-refractivity contribution in [3.8, 4) is 22.8 Å². The predicted octanol–water partition coefficient (Wildman–Crippen LogP) is 3.74. The van der Waals surface area contributed by atoms with Crippen LogP contribution in [-0.2, 0) is 0 Å². The lowest BCUT2D eigenvalue weighted by atomic mass is 10.2. The van der Waals surface area contributed by atoms with E-state index in [1.54, 1.807) is 0 Å². The highest BCUT2D eigenvalue weighted by Crippen LogP contribution is 2.33. The van der Waals surface area contributed by atoms with Crippen LogP contribution in [0, 0.1) is 0 Å². The van der Waals surface area contributed by atoms with Gasteiger partial charge in [-0.15, -0.1) is 0 Å². The van der Waals surface area contributed by atoms with Gasteiger partial charge in [-0.3, -0.25) is 0 Å². The van der Waals surface area contributed by atoms with Crippen LogP contribution in [0.15, 0.2) is 76.3 Å². The van der Waals surface area contributed by atoms with Gasteiger partial charge in [-0.2, -0.15) is 4.98 Å². The van der Waals surface area contributed by atoms with Crippen LogP contribution in [0.2, 0.25) is 0 Å². The number of nitrogens with two attached hydrogens (primary N) is 2. The van der Waals surface area contributed by atoms with Gasteiger partial charge in [0.2, 0.25) is 5.89 Å². The zero-order valence-electron chi connectivity index (χ0n) is 12.8. The number of nitrogens with zero attached hydrogens (tertiary/aromatic N) is 1. The normalized spacial score (nSPS) is 11.8. The SMILES string of the molecule is NC(N)/C(Cl)=C\Nc1nc(-c2ccccc2)oc1-c1ccccc1. The summed E-state index contributed by atoms with van der Waals surface area (Å²) in [5.74, 6) is 1.66. The number of oxazole rings is 1. The van der Waals surface area contributed by atoms with E-state index in [-0.39, 0.29) is 0 Å². The minimum Gasteiger partial charge on any atom is -0.434 e. The zero-order chi connectivity index (χ0) is 16.9. The third kappa shape index (κ3) is 3.65. The van der Waals surface area contributed by atoms with Crippen LogP contribution in [0.1, 0.15) is 0 Å². The second-order valence-corrected chi connectivity index (χ2v) is 5.56. The maximum atomic E-state index is 5.98. The van der Waals surface area contributed by atoms with Crippen LogP contribution in [0.4, 0.5) is 5.82 Å². The van der Waals surface area contributed by atoms with E-state index < -0.39 is 6.17 Å². The van der Waals surface area contributed by atoms with Crippen LogP contribution in [0.5, 0.6) is 0 Å². The molecule has 0 aliphatic carbocycles. The molecule has 0 atom stereocenters. The first kappa shape index (κ1) is 16.3. The lowest BCUT2D eigenvalue weighted by Gasteiger charge is -2.04. The molecule has 5 N–H and O–H groups in total. The number of rotatable bonds is 5. The van der Waals surface area contributed by atoms with E-state index in [1.807, 2.05) is 60.7 Å². The molecule has 2 aromatic carbocycles. The zero-order valence-corrected chi connectivity index (χ0v) is 13.6. The Kier molecular flexibility index (Phi) is 4.96. The molecular weight excluding hydrogens is 324 g/mol. The highest BCUT2D eigenvalue weighted by Gasteiger charge is 2.16. The molecule has 0 radical (unpaired) electrons. The molecule has 0 aliphatic heterocycles. The molecule has 0 unspecified atom stereocenters. The van der Waals surface area contributed by atoms with Crippen molar-refractivity contribution in [2.24, 2.45) is 11.5 Å². The van der Waals surface area contributed by atoms with E-state index in [9.17, 15) is 0 Å². The Bertz CT molecular complexity index is 829. The monoisotopic (exact) mass is 340 g/mol.